The molecule has 10 heteroatoms. The maximum absolute atomic E-state index is 13.1. The number of nitrogens with zero attached hydrogens (tertiary/aromatic N) is 2. The van der Waals surface area contributed by atoms with E-state index in [4.69, 9.17) is 4.74 Å². The number of halogens is 1. The Balaban J connectivity index is 1.45. The van der Waals surface area contributed by atoms with Crippen molar-refractivity contribution in [3.05, 3.63) is 59.9 Å². The molecule has 1 N–H and O–H groups in total. The third-order valence-corrected chi connectivity index (χ3v) is 6.99. The SMILES string of the molecule is O=C(c1ccccc1NS(=O)(=O)c1ccc(F)cc1)N1CCN(C(=O)C2CCCO2)CC1. The lowest BCUT2D eigenvalue weighted by Crippen LogP contribution is -2.52. The first-order valence-electron chi connectivity index (χ1n) is 10.4. The molecule has 2 aliphatic rings. The number of ether oxygens (including phenoxy) is 1. The minimum atomic E-state index is -4.00. The number of hydrogen-bond acceptors (Lipinski definition) is 5. The Morgan fingerprint density at radius 1 is 0.969 bits per heavy atom. The predicted octanol–water partition coefficient (Wildman–Crippen LogP) is 2.09. The van der Waals surface area contributed by atoms with Gasteiger partial charge in [-0.15, -0.1) is 0 Å². The van der Waals surface area contributed by atoms with Gasteiger partial charge in [-0.05, 0) is 49.2 Å². The molecule has 4 rings (SSSR count). The molecule has 8 nitrogen and oxygen atoms in total. The van der Waals surface area contributed by atoms with Gasteiger partial charge in [-0.3, -0.25) is 14.3 Å². The molecule has 2 fully saturated rings. The van der Waals surface area contributed by atoms with Crippen LogP contribution in [0.3, 0.4) is 0 Å². The van der Waals surface area contributed by atoms with E-state index in [-0.39, 0.29) is 34.1 Å². The normalized spacial score (nSPS) is 19.1. The maximum Gasteiger partial charge on any atom is 0.261 e. The molecule has 2 aliphatic heterocycles. The Kier molecular flexibility index (Phi) is 6.43. The summed E-state index contributed by atoms with van der Waals surface area (Å²) >= 11 is 0. The van der Waals surface area contributed by atoms with E-state index in [1.807, 2.05) is 0 Å². The van der Waals surface area contributed by atoms with E-state index in [1.165, 1.54) is 6.07 Å². The molecule has 170 valence electrons. The number of piperazine rings is 1. The molecule has 0 aromatic heterocycles. The number of rotatable bonds is 5. The largest absolute Gasteiger partial charge is 0.368 e. The zero-order valence-corrected chi connectivity index (χ0v) is 18.2. The van der Waals surface area contributed by atoms with Gasteiger partial charge in [0.05, 0.1) is 16.1 Å². The Morgan fingerprint density at radius 3 is 2.28 bits per heavy atom. The van der Waals surface area contributed by atoms with Crippen molar-refractivity contribution < 1.29 is 27.1 Å². The zero-order chi connectivity index (χ0) is 22.7. The molecule has 2 amide bonds. The van der Waals surface area contributed by atoms with Gasteiger partial charge in [-0.2, -0.15) is 0 Å². The van der Waals surface area contributed by atoms with E-state index in [2.05, 4.69) is 4.72 Å². The summed E-state index contributed by atoms with van der Waals surface area (Å²) in [4.78, 5) is 28.8. The lowest BCUT2D eigenvalue weighted by molar-refractivity contribution is -0.142. The van der Waals surface area contributed by atoms with Crippen LogP contribution in [-0.4, -0.2) is 68.9 Å². The van der Waals surface area contributed by atoms with Gasteiger partial charge in [0.1, 0.15) is 11.9 Å². The van der Waals surface area contributed by atoms with Gasteiger partial charge >= 0.3 is 0 Å². The summed E-state index contributed by atoms with van der Waals surface area (Å²) in [5.74, 6) is -0.912. The highest BCUT2D eigenvalue weighted by molar-refractivity contribution is 7.92. The van der Waals surface area contributed by atoms with Crippen LogP contribution in [0.15, 0.2) is 53.4 Å². The summed E-state index contributed by atoms with van der Waals surface area (Å²) < 4.78 is 46.4. The van der Waals surface area contributed by atoms with Crippen LogP contribution in [0.4, 0.5) is 10.1 Å². The number of sulfonamides is 1. The standard InChI is InChI=1S/C22H24FN3O5S/c23-16-7-9-17(10-8-16)32(29,30)24-19-5-2-1-4-18(19)21(27)25-11-13-26(14-12-25)22(28)20-6-3-15-31-20/h1-2,4-5,7-10,20,24H,3,6,11-15H2. The third-order valence-electron chi connectivity index (χ3n) is 5.61. The summed E-state index contributed by atoms with van der Waals surface area (Å²) in [6.45, 7) is 2.08. The Labute approximate surface area is 186 Å². The van der Waals surface area contributed by atoms with Crippen LogP contribution >= 0.6 is 0 Å². The molecule has 1 atom stereocenters. The number of amides is 2. The highest BCUT2D eigenvalue weighted by atomic mass is 32.2. The van der Waals surface area contributed by atoms with Crippen molar-refractivity contribution in [2.75, 3.05) is 37.5 Å². The maximum atomic E-state index is 13.1. The van der Waals surface area contributed by atoms with Crippen LogP contribution in [0.1, 0.15) is 23.2 Å². The second-order valence-electron chi connectivity index (χ2n) is 7.72. The van der Waals surface area contributed by atoms with Crippen molar-refractivity contribution in [1.29, 1.82) is 0 Å². The van der Waals surface area contributed by atoms with Crippen LogP contribution in [0.5, 0.6) is 0 Å². The highest BCUT2D eigenvalue weighted by Crippen LogP contribution is 2.23. The number of para-hydroxylation sites is 1. The number of carbonyl (C=O) groups is 2. The van der Waals surface area contributed by atoms with Gasteiger partial charge in [-0.1, -0.05) is 12.1 Å². The zero-order valence-electron chi connectivity index (χ0n) is 17.4. The van der Waals surface area contributed by atoms with Crippen molar-refractivity contribution in [3.8, 4) is 0 Å². The van der Waals surface area contributed by atoms with Crippen LogP contribution in [0.25, 0.3) is 0 Å². The van der Waals surface area contributed by atoms with E-state index < -0.39 is 15.8 Å². The van der Waals surface area contributed by atoms with E-state index in [1.54, 1.807) is 28.0 Å². The Morgan fingerprint density at radius 2 is 1.62 bits per heavy atom. The van der Waals surface area contributed by atoms with Crippen molar-refractivity contribution in [2.45, 2.75) is 23.8 Å². The number of carbonyl (C=O) groups excluding carboxylic acids is 2. The minimum Gasteiger partial charge on any atom is -0.368 e. The molecule has 1 unspecified atom stereocenters. The first-order chi connectivity index (χ1) is 15.3. The average molecular weight is 462 g/mol. The number of hydrogen-bond donors (Lipinski definition) is 1. The van der Waals surface area contributed by atoms with Crippen molar-refractivity contribution in [3.63, 3.8) is 0 Å². The van der Waals surface area contributed by atoms with E-state index in [0.717, 1.165) is 37.1 Å². The molecular weight excluding hydrogens is 437 g/mol. The van der Waals surface area contributed by atoms with E-state index in [0.29, 0.717) is 32.8 Å². The van der Waals surface area contributed by atoms with Crippen molar-refractivity contribution in [1.82, 2.24) is 9.80 Å². The number of anilines is 1. The number of nitrogens with one attached hydrogen (secondary N) is 1. The number of benzene rings is 2. The summed E-state index contributed by atoms with van der Waals surface area (Å²) in [7, 11) is -4.00. The van der Waals surface area contributed by atoms with Gasteiger partial charge < -0.3 is 14.5 Å². The highest BCUT2D eigenvalue weighted by Gasteiger charge is 2.32. The van der Waals surface area contributed by atoms with Crippen LogP contribution < -0.4 is 4.72 Å². The molecule has 0 bridgehead atoms. The topological polar surface area (TPSA) is 96.0 Å². The van der Waals surface area contributed by atoms with Crippen molar-refractivity contribution in [2.24, 2.45) is 0 Å². The Bertz CT molecular complexity index is 1090. The lowest BCUT2D eigenvalue weighted by Gasteiger charge is -2.36. The van der Waals surface area contributed by atoms with Gasteiger partial charge in [0.2, 0.25) is 0 Å². The molecule has 32 heavy (non-hydrogen) atoms. The monoisotopic (exact) mass is 461 g/mol. The van der Waals surface area contributed by atoms with Crippen LogP contribution in [-0.2, 0) is 19.6 Å². The van der Waals surface area contributed by atoms with Gasteiger partial charge in [0, 0.05) is 32.8 Å². The van der Waals surface area contributed by atoms with Crippen molar-refractivity contribution >= 4 is 27.5 Å². The second kappa shape index (κ2) is 9.25. The Hall–Kier alpha value is -2.98. The quantitative estimate of drug-likeness (QED) is 0.736. The van der Waals surface area contributed by atoms with Crippen LogP contribution in [0.2, 0.25) is 0 Å². The second-order valence-corrected chi connectivity index (χ2v) is 9.41. The molecule has 2 heterocycles. The molecule has 2 aromatic rings. The fraction of sp³-hybridized carbons (Fsp3) is 0.364. The molecular formula is C22H24FN3O5S. The van der Waals surface area contributed by atoms with Gasteiger partial charge in [0.25, 0.3) is 21.8 Å². The van der Waals surface area contributed by atoms with E-state index >= 15 is 0 Å². The molecule has 0 aliphatic carbocycles. The summed E-state index contributed by atoms with van der Waals surface area (Å²) in [5.41, 5.74) is 0.344. The molecule has 0 radical (unpaired) electrons. The average Bonchev–Trinajstić information content (AvgIpc) is 3.34. The van der Waals surface area contributed by atoms with Crippen LogP contribution in [0, 0.1) is 5.82 Å². The predicted molar refractivity (Wildman–Crippen MR) is 115 cm³/mol. The van der Waals surface area contributed by atoms with E-state index in [9.17, 15) is 22.4 Å². The fourth-order valence-corrected chi connectivity index (χ4v) is 4.93. The lowest BCUT2D eigenvalue weighted by atomic mass is 10.1. The first-order valence-corrected chi connectivity index (χ1v) is 11.9. The summed E-state index contributed by atoms with van der Waals surface area (Å²) in [6, 6.07) is 10.8. The van der Waals surface area contributed by atoms with Gasteiger partial charge in [0.15, 0.2) is 0 Å². The molecule has 0 saturated carbocycles. The first kappa shape index (κ1) is 22.2. The fourth-order valence-electron chi connectivity index (χ4n) is 3.85. The smallest absolute Gasteiger partial charge is 0.261 e. The summed E-state index contributed by atoms with van der Waals surface area (Å²) in [5, 5.41) is 0. The molecule has 2 saturated heterocycles. The molecule has 2 aromatic carbocycles. The molecule has 0 spiro atoms. The minimum absolute atomic E-state index is 0.0398. The summed E-state index contributed by atoms with van der Waals surface area (Å²) in [6.07, 6.45) is 1.21. The third kappa shape index (κ3) is 4.76. The van der Waals surface area contributed by atoms with Gasteiger partial charge in [-0.25, -0.2) is 12.8 Å².